The van der Waals surface area contributed by atoms with Crippen LogP contribution in [-0.2, 0) is 24.0 Å². The molecule has 13 heteroatoms. The molecule has 0 saturated carbocycles. The number of hydrogen-bond acceptors (Lipinski definition) is 11. The molecule has 0 amide bonds. The van der Waals surface area contributed by atoms with Crippen molar-refractivity contribution in [1.29, 1.82) is 0 Å². The lowest BCUT2D eigenvalue weighted by Crippen LogP contribution is -2.43. The van der Waals surface area contributed by atoms with Gasteiger partial charge in [-0.1, -0.05) is 0 Å². The number of aldehydes is 3. The maximum atomic E-state index is 9.99. The number of aliphatic hydroxyl groups excluding tert-OH is 4. The summed E-state index contributed by atoms with van der Waals surface area (Å²) in [5, 5.41) is 43.0. The molecule has 1 heterocycles. The summed E-state index contributed by atoms with van der Waals surface area (Å²) in [6, 6.07) is 2.89. The number of carboxylic acid groups (broad SMARTS) is 1. The Hall–Kier alpha value is -3.06. The summed E-state index contributed by atoms with van der Waals surface area (Å²) >= 11 is 0. The molecule has 0 aliphatic heterocycles. The van der Waals surface area contributed by atoms with Crippen molar-refractivity contribution in [2.45, 2.75) is 58.2 Å². The lowest BCUT2D eigenvalue weighted by molar-refractivity contribution is -0.191. The van der Waals surface area contributed by atoms with Crippen molar-refractivity contribution in [3.8, 4) is 0 Å². The predicted molar refractivity (Wildman–Crippen MR) is 105 cm³/mol. The van der Waals surface area contributed by atoms with Crippen molar-refractivity contribution in [2.24, 2.45) is 5.73 Å². The van der Waals surface area contributed by atoms with Gasteiger partial charge in [-0.2, -0.15) is 9.59 Å². The van der Waals surface area contributed by atoms with Crippen molar-refractivity contribution in [3.05, 3.63) is 23.5 Å². The molecular formula is C18H30N2O11. The highest BCUT2D eigenvalue weighted by Gasteiger charge is 2.27. The molecule has 13 nitrogen and oxygen atoms in total. The molecule has 8 N–H and O–H groups in total. The highest BCUT2D eigenvalue weighted by molar-refractivity contribution is 5.72. The first kappa shape index (κ1) is 35.4. The molecule has 5 unspecified atom stereocenters. The molecule has 0 fully saturated rings. The van der Waals surface area contributed by atoms with Crippen LogP contribution in [0.25, 0.3) is 0 Å². The Morgan fingerprint density at radius 1 is 1.06 bits per heavy atom. The third-order valence-corrected chi connectivity index (χ3v) is 2.70. The van der Waals surface area contributed by atoms with Crippen LogP contribution in [0.3, 0.4) is 0 Å². The normalized spacial score (nSPS) is 13.5. The van der Waals surface area contributed by atoms with Gasteiger partial charge in [-0.25, -0.2) is 0 Å². The SMILES string of the molecule is CC(N)C(=O)O.CC(O)C(O)C(O)C(O)C=O.CC=O.Cc1ccc(C=O)[nH]1.O=C=O. The zero-order chi connectivity index (χ0) is 25.6. The Bertz CT molecular complexity index is 638. The average Bonchev–Trinajstić information content (AvgIpc) is 3.13. The quantitative estimate of drug-likeness (QED) is 0.229. The van der Waals surface area contributed by atoms with Crippen LogP contribution in [0.5, 0.6) is 0 Å². The van der Waals surface area contributed by atoms with E-state index in [1.54, 1.807) is 6.07 Å². The number of aliphatic hydroxyl groups is 4. The standard InChI is InChI=1S/C6H7NO.C6H12O5.C3H7NO2.C2H4O.CO2/c1-5-2-3-6(4-8)7-5;1-3(8)5(10)6(11)4(9)2-7;1-2(4)3(5)6;1-2-3;2-1-3/h2-4,7H,1H3;2-6,8-11H,1H3;2H,4H2,1H3,(H,5,6);2H,1H3;. The molecule has 0 aliphatic rings. The number of nitrogens with two attached hydrogens (primary N) is 1. The topological polar surface area (TPSA) is 245 Å². The van der Waals surface area contributed by atoms with Crippen LogP contribution in [-0.4, -0.2) is 92.0 Å². The van der Waals surface area contributed by atoms with Gasteiger partial charge in [-0.3, -0.25) is 9.59 Å². The Morgan fingerprint density at radius 2 is 1.45 bits per heavy atom. The molecule has 0 saturated heterocycles. The predicted octanol–water partition coefficient (Wildman–Crippen LogP) is -2.18. The number of H-pyrrole nitrogens is 1. The lowest BCUT2D eigenvalue weighted by atomic mass is 10.1. The molecule has 0 spiro atoms. The Labute approximate surface area is 178 Å². The second-order valence-electron chi connectivity index (χ2n) is 5.51. The Morgan fingerprint density at radius 3 is 1.61 bits per heavy atom. The second kappa shape index (κ2) is 23.2. The highest BCUT2D eigenvalue weighted by atomic mass is 16.4. The molecule has 0 aromatic carbocycles. The van der Waals surface area contributed by atoms with Crippen LogP contribution in [0.2, 0.25) is 0 Å². The van der Waals surface area contributed by atoms with Gasteiger partial charge in [0.15, 0.2) is 12.6 Å². The number of hydrogen-bond donors (Lipinski definition) is 7. The van der Waals surface area contributed by atoms with E-state index >= 15 is 0 Å². The Kier molecular flexibility index (Phi) is 26.5. The van der Waals surface area contributed by atoms with Gasteiger partial charge in [0.1, 0.15) is 30.6 Å². The van der Waals surface area contributed by atoms with Gasteiger partial charge in [-0.05, 0) is 39.8 Å². The van der Waals surface area contributed by atoms with Gasteiger partial charge < -0.3 is 45.8 Å². The fraction of sp³-hybridized carbons (Fsp3) is 0.500. The molecule has 1 aromatic heterocycles. The molecule has 178 valence electrons. The van der Waals surface area contributed by atoms with Gasteiger partial charge >= 0.3 is 12.1 Å². The summed E-state index contributed by atoms with van der Waals surface area (Å²) in [7, 11) is 0. The number of aryl methyl sites for hydroxylation is 1. The first-order valence-corrected chi connectivity index (χ1v) is 8.46. The zero-order valence-electron chi connectivity index (χ0n) is 17.5. The summed E-state index contributed by atoms with van der Waals surface area (Å²) in [6.07, 6.45) is -4.08. The van der Waals surface area contributed by atoms with E-state index in [2.05, 4.69) is 4.98 Å². The molecule has 0 bridgehead atoms. The molecule has 1 aromatic rings. The Balaban J connectivity index is -0.000000161. The van der Waals surface area contributed by atoms with Crippen LogP contribution >= 0.6 is 0 Å². The van der Waals surface area contributed by atoms with Crippen molar-refractivity contribution in [1.82, 2.24) is 4.98 Å². The number of rotatable bonds is 6. The number of carbonyl (C=O) groups is 4. The lowest BCUT2D eigenvalue weighted by Gasteiger charge is -2.21. The van der Waals surface area contributed by atoms with E-state index in [0.29, 0.717) is 5.69 Å². The molecule has 0 aliphatic carbocycles. The largest absolute Gasteiger partial charge is 0.480 e. The summed E-state index contributed by atoms with van der Waals surface area (Å²) < 4.78 is 0. The van der Waals surface area contributed by atoms with Crippen molar-refractivity contribution >= 4 is 31.0 Å². The van der Waals surface area contributed by atoms with Gasteiger partial charge in [0.05, 0.1) is 11.8 Å². The molecule has 5 atom stereocenters. The number of aromatic amines is 1. The van der Waals surface area contributed by atoms with E-state index in [1.807, 2.05) is 13.0 Å². The zero-order valence-corrected chi connectivity index (χ0v) is 17.5. The van der Waals surface area contributed by atoms with Crippen molar-refractivity contribution in [3.63, 3.8) is 0 Å². The van der Waals surface area contributed by atoms with Crippen molar-refractivity contribution < 1.29 is 54.3 Å². The monoisotopic (exact) mass is 450 g/mol. The molecular weight excluding hydrogens is 420 g/mol. The van der Waals surface area contributed by atoms with Crippen LogP contribution in [0.15, 0.2) is 12.1 Å². The number of carbonyl (C=O) groups excluding carboxylic acids is 5. The summed E-state index contributed by atoms with van der Waals surface area (Å²) in [4.78, 5) is 57.3. The highest BCUT2D eigenvalue weighted by Crippen LogP contribution is 2.02. The van der Waals surface area contributed by atoms with Crippen molar-refractivity contribution in [2.75, 3.05) is 0 Å². The minimum atomic E-state index is -1.65. The van der Waals surface area contributed by atoms with Crippen LogP contribution in [0, 0.1) is 6.92 Å². The summed E-state index contributed by atoms with van der Waals surface area (Å²) in [5.74, 6) is -0.963. The van der Waals surface area contributed by atoms with E-state index in [9.17, 15) is 14.4 Å². The van der Waals surface area contributed by atoms with Gasteiger partial charge in [0, 0.05) is 5.69 Å². The minimum absolute atomic E-state index is 0.0935. The van der Waals surface area contributed by atoms with E-state index in [0.717, 1.165) is 18.3 Å². The first-order chi connectivity index (χ1) is 14.3. The van der Waals surface area contributed by atoms with Crippen LogP contribution in [0.4, 0.5) is 0 Å². The maximum Gasteiger partial charge on any atom is 0.373 e. The average molecular weight is 450 g/mol. The molecule has 31 heavy (non-hydrogen) atoms. The molecule has 0 radical (unpaired) electrons. The molecule has 1 rings (SSSR count). The number of aromatic nitrogens is 1. The maximum absolute atomic E-state index is 9.99. The van der Waals surface area contributed by atoms with Crippen LogP contribution in [0.1, 0.15) is 37.0 Å². The summed E-state index contributed by atoms with van der Waals surface area (Å²) in [5.41, 5.74) is 6.50. The first-order valence-electron chi connectivity index (χ1n) is 8.46. The fourth-order valence-corrected chi connectivity index (χ4v) is 1.16. The van der Waals surface area contributed by atoms with E-state index in [1.165, 1.54) is 20.8 Å². The van der Waals surface area contributed by atoms with Crippen LogP contribution < -0.4 is 5.73 Å². The van der Waals surface area contributed by atoms with E-state index in [4.69, 9.17) is 45.6 Å². The van der Waals surface area contributed by atoms with Gasteiger partial charge in [0.2, 0.25) is 0 Å². The van der Waals surface area contributed by atoms with E-state index < -0.39 is 36.4 Å². The van der Waals surface area contributed by atoms with Gasteiger partial charge in [-0.15, -0.1) is 0 Å². The third-order valence-electron chi connectivity index (χ3n) is 2.70. The summed E-state index contributed by atoms with van der Waals surface area (Å²) in [6.45, 7) is 6.01. The second-order valence-corrected chi connectivity index (χ2v) is 5.51. The number of aliphatic carboxylic acids is 1. The number of carboxylic acids is 1. The third kappa shape index (κ3) is 24.9. The minimum Gasteiger partial charge on any atom is -0.480 e. The number of nitrogens with one attached hydrogen (secondary N) is 1. The van der Waals surface area contributed by atoms with E-state index in [-0.39, 0.29) is 12.4 Å². The fourth-order valence-electron chi connectivity index (χ4n) is 1.16. The smallest absolute Gasteiger partial charge is 0.373 e. The van der Waals surface area contributed by atoms with Gasteiger partial charge in [0.25, 0.3) is 0 Å².